The van der Waals surface area contributed by atoms with E-state index in [9.17, 15) is 16.8 Å². The summed E-state index contributed by atoms with van der Waals surface area (Å²) in [6.45, 7) is 2.22. The standard InChI is InChI=1S/C11H17BrN2O4S3/c1-8-7-20(15,16)4-3-14(8)21(17,18)10-5-9(6-13-2)19-11(10)12/h5,8,13H,3-4,6-7H2,1-2H3. The van der Waals surface area contributed by atoms with Gasteiger partial charge in [-0.2, -0.15) is 4.31 Å². The van der Waals surface area contributed by atoms with Crippen molar-refractivity contribution >= 4 is 47.1 Å². The van der Waals surface area contributed by atoms with Gasteiger partial charge in [-0.25, -0.2) is 16.8 Å². The molecule has 1 aliphatic heterocycles. The van der Waals surface area contributed by atoms with E-state index >= 15 is 0 Å². The highest BCUT2D eigenvalue weighted by Gasteiger charge is 2.37. The Morgan fingerprint density at radius 1 is 1.52 bits per heavy atom. The van der Waals surface area contributed by atoms with Crippen LogP contribution < -0.4 is 5.32 Å². The SMILES string of the molecule is CNCc1cc(S(=O)(=O)N2CCS(=O)(=O)CC2C)c(Br)s1. The predicted molar refractivity (Wildman–Crippen MR) is 86.8 cm³/mol. The molecule has 0 amide bonds. The van der Waals surface area contributed by atoms with Crippen molar-refractivity contribution in [1.82, 2.24) is 9.62 Å². The molecule has 0 aromatic carbocycles. The maximum atomic E-state index is 12.7. The number of nitrogens with zero attached hydrogens (tertiary/aromatic N) is 1. The fourth-order valence-corrected chi connectivity index (χ4v) is 8.35. The largest absolute Gasteiger partial charge is 0.315 e. The summed E-state index contributed by atoms with van der Waals surface area (Å²) in [5.41, 5.74) is 0. The van der Waals surface area contributed by atoms with Crippen molar-refractivity contribution in [3.63, 3.8) is 0 Å². The van der Waals surface area contributed by atoms with E-state index in [1.807, 2.05) is 0 Å². The molecule has 0 radical (unpaired) electrons. The zero-order chi connectivity index (χ0) is 15.8. The third-order valence-corrected chi connectivity index (χ3v) is 9.31. The van der Waals surface area contributed by atoms with Crippen LogP contribution in [0.25, 0.3) is 0 Å². The molecule has 0 spiro atoms. The van der Waals surface area contributed by atoms with Crippen molar-refractivity contribution in [2.24, 2.45) is 0 Å². The minimum absolute atomic E-state index is 0.00941. The normalized spacial score (nSPS) is 23.3. The zero-order valence-corrected chi connectivity index (χ0v) is 15.7. The van der Waals surface area contributed by atoms with Gasteiger partial charge >= 0.3 is 0 Å². The highest BCUT2D eigenvalue weighted by Crippen LogP contribution is 2.34. The highest BCUT2D eigenvalue weighted by molar-refractivity contribution is 9.11. The van der Waals surface area contributed by atoms with Crippen molar-refractivity contribution < 1.29 is 16.8 Å². The van der Waals surface area contributed by atoms with Gasteiger partial charge in [0.1, 0.15) is 4.90 Å². The van der Waals surface area contributed by atoms with Gasteiger partial charge < -0.3 is 5.32 Å². The van der Waals surface area contributed by atoms with Crippen LogP contribution in [-0.2, 0) is 26.4 Å². The fourth-order valence-electron chi connectivity index (χ4n) is 2.30. The fraction of sp³-hybridized carbons (Fsp3) is 0.636. The van der Waals surface area contributed by atoms with Crippen molar-refractivity contribution in [1.29, 1.82) is 0 Å². The molecule has 0 bridgehead atoms. The molecular weight excluding hydrogens is 400 g/mol. The van der Waals surface area contributed by atoms with E-state index in [-0.39, 0.29) is 22.9 Å². The summed E-state index contributed by atoms with van der Waals surface area (Å²) in [6.07, 6.45) is 0. The molecular formula is C11H17BrN2O4S3. The van der Waals surface area contributed by atoms with Gasteiger partial charge in [-0.1, -0.05) is 0 Å². The van der Waals surface area contributed by atoms with Gasteiger partial charge in [-0.3, -0.25) is 0 Å². The molecule has 120 valence electrons. The molecule has 0 saturated carbocycles. The van der Waals surface area contributed by atoms with Crippen LogP contribution in [0.4, 0.5) is 0 Å². The molecule has 1 fully saturated rings. The summed E-state index contributed by atoms with van der Waals surface area (Å²) in [6, 6.07) is 1.09. The van der Waals surface area contributed by atoms with Gasteiger partial charge in [0.2, 0.25) is 10.0 Å². The molecule has 2 rings (SSSR count). The van der Waals surface area contributed by atoms with E-state index in [1.165, 1.54) is 15.6 Å². The number of nitrogens with one attached hydrogen (secondary N) is 1. The number of sulfonamides is 1. The first-order valence-electron chi connectivity index (χ1n) is 6.32. The van der Waals surface area contributed by atoms with Crippen LogP contribution in [0.3, 0.4) is 0 Å². The van der Waals surface area contributed by atoms with Gasteiger partial charge in [0.05, 0.1) is 15.3 Å². The van der Waals surface area contributed by atoms with Crippen molar-refractivity contribution in [3.8, 4) is 0 Å². The number of hydrogen-bond donors (Lipinski definition) is 1. The molecule has 0 aliphatic carbocycles. The summed E-state index contributed by atoms with van der Waals surface area (Å²) >= 11 is 4.66. The molecule has 1 N–H and O–H groups in total. The van der Waals surface area contributed by atoms with Crippen molar-refractivity contribution in [2.45, 2.75) is 24.4 Å². The monoisotopic (exact) mass is 416 g/mol. The molecule has 1 atom stereocenters. The molecule has 1 saturated heterocycles. The first-order chi connectivity index (χ1) is 9.67. The Labute approximate surface area is 137 Å². The minimum atomic E-state index is -3.68. The summed E-state index contributed by atoms with van der Waals surface area (Å²) < 4.78 is 50.5. The van der Waals surface area contributed by atoms with Crippen molar-refractivity contribution in [3.05, 3.63) is 14.7 Å². The molecule has 1 aromatic rings. The highest BCUT2D eigenvalue weighted by atomic mass is 79.9. The van der Waals surface area contributed by atoms with E-state index in [1.54, 1.807) is 20.0 Å². The third-order valence-electron chi connectivity index (χ3n) is 3.25. The second-order valence-corrected chi connectivity index (χ2v) is 11.5. The number of thiophene rings is 1. The van der Waals surface area contributed by atoms with Gasteiger partial charge in [0.25, 0.3) is 0 Å². The molecule has 10 heteroatoms. The molecule has 1 unspecified atom stereocenters. The van der Waals surface area contributed by atoms with Gasteiger partial charge in [0.15, 0.2) is 9.84 Å². The van der Waals surface area contributed by atoms with Crippen LogP contribution in [0.2, 0.25) is 0 Å². The average Bonchev–Trinajstić information content (AvgIpc) is 2.69. The topological polar surface area (TPSA) is 83.6 Å². The summed E-state index contributed by atoms with van der Waals surface area (Å²) in [5.74, 6) is -0.251. The number of sulfone groups is 1. The maximum Gasteiger partial charge on any atom is 0.245 e. The summed E-state index contributed by atoms with van der Waals surface area (Å²) in [7, 11) is -5.04. The first-order valence-corrected chi connectivity index (χ1v) is 11.2. The Bertz CT molecular complexity index is 727. The molecule has 1 aromatic heterocycles. The van der Waals surface area contributed by atoms with Gasteiger partial charge in [-0.05, 0) is 36.0 Å². The quantitative estimate of drug-likeness (QED) is 0.792. The second-order valence-electron chi connectivity index (χ2n) is 4.96. The van der Waals surface area contributed by atoms with Crippen LogP contribution in [0.1, 0.15) is 11.8 Å². The Hall–Kier alpha value is -0.000000000000000194. The number of hydrogen-bond acceptors (Lipinski definition) is 6. The van der Waals surface area contributed by atoms with E-state index in [0.717, 1.165) is 4.88 Å². The lowest BCUT2D eigenvalue weighted by Gasteiger charge is -2.31. The summed E-state index contributed by atoms with van der Waals surface area (Å²) in [5, 5.41) is 2.98. The van der Waals surface area contributed by atoms with E-state index in [0.29, 0.717) is 10.3 Å². The predicted octanol–water partition coefficient (Wildman–Crippen LogP) is 1.04. The average molecular weight is 417 g/mol. The lowest BCUT2D eigenvalue weighted by Crippen LogP contribution is -2.49. The van der Waals surface area contributed by atoms with Crippen LogP contribution in [0.5, 0.6) is 0 Å². The lowest BCUT2D eigenvalue weighted by molar-refractivity contribution is 0.357. The second kappa shape index (κ2) is 6.25. The zero-order valence-electron chi connectivity index (χ0n) is 11.7. The first kappa shape index (κ1) is 17.4. The van der Waals surface area contributed by atoms with Gasteiger partial charge in [-0.15, -0.1) is 11.3 Å². The minimum Gasteiger partial charge on any atom is -0.315 e. The Morgan fingerprint density at radius 3 is 2.76 bits per heavy atom. The van der Waals surface area contributed by atoms with E-state index in [4.69, 9.17) is 0 Å². The number of rotatable bonds is 4. The van der Waals surface area contributed by atoms with E-state index in [2.05, 4.69) is 21.2 Å². The third kappa shape index (κ3) is 3.67. The van der Waals surface area contributed by atoms with Crippen molar-refractivity contribution in [2.75, 3.05) is 25.1 Å². The maximum absolute atomic E-state index is 12.7. The van der Waals surface area contributed by atoms with Crippen LogP contribution in [0.15, 0.2) is 14.7 Å². The number of halogens is 1. The van der Waals surface area contributed by atoms with Crippen LogP contribution in [-0.4, -0.2) is 52.3 Å². The lowest BCUT2D eigenvalue weighted by atomic mass is 10.4. The van der Waals surface area contributed by atoms with Crippen LogP contribution >= 0.6 is 27.3 Å². The molecule has 6 nitrogen and oxygen atoms in total. The summed E-state index contributed by atoms with van der Waals surface area (Å²) in [4.78, 5) is 1.11. The molecule has 21 heavy (non-hydrogen) atoms. The van der Waals surface area contributed by atoms with E-state index < -0.39 is 25.9 Å². The Morgan fingerprint density at radius 2 is 2.19 bits per heavy atom. The molecule has 2 heterocycles. The smallest absolute Gasteiger partial charge is 0.245 e. The Kier molecular flexibility index (Phi) is 5.16. The van der Waals surface area contributed by atoms with Gasteiger partial charge in [0, 0.05) is 24.0 Å². The van der Waals surface area contributed by atoms with Crippen LogP contribution in [0, 0.1) is 0 Å². The Balaban J connectivity index is 2.34. The molecule has 1 aliphatic rings.